The van der Waals surface area contributed by atoms with Gasteiger partial charge in [-0.05, 0) is 34.6 Å². The van der Waals surface area contributed by atoms with Crippen LogP contribution in [0.25, 0.3) is 0 Å². The topological polar surface area (TPSA) is 67.3 Å². The number of likely N-dealkylation sites (tertiary alicyclic amines) is 1. The van der Waals surface area contributed by atoms with E-state index >= 15 is 0 Å². The van der Waals surface area contributed by atoms with E-state index in [1.807, 2.05) is 13.0 Å². The van der Waals surface area contributed by atoms with E-state index < -0.39 is 0 Å². The van der Waals surface area contributed by atoms with Crippen molar-refractivity contribution in [2.75, 3.05) is 13.1 Å². The Hall–Kier alpha value is -1.66. The Morgan fingerprint density at radius 2 is 2.04 bits per heavy atom. The minimum atomic E-state index is -0.323. The van der Waals surface area contributed by atoms with E-state index in [1.54, 1.807) is 0 Å². The van der Waals surface area contributed by atoms with Gasteiger partial charge in [-0.3, -0.25) is 9.58 Å². The number of hydrogen-bond donors (Lipinski definition) is 1. The maximum Gasteiger partial charge on any atom is 0.137 e. The van der Waals surface area contributed by atoms with Gasteiger partial charge in [0.1, 0.15) is 5.76 Å². The SMILES string of the molecule is Cc1cc(C[C@@H]2CN(Cc3c(C)nn(C(C)C)c3C)C[C@@H]2O)on1. The summed E-state index contributed by atoms with van der Waals surface area (Å²) in [6, 6.07) is 2.32. The van der Waals surface area contributed by atoms with Crippen LogP contribution in [0.1, 0.15) is 48.3 Å². The molecule has 2 aromatic heterocycles. The predicted octanol–water partition coefficient (Wildman–Crippen LogP) is 2.41. The van der Waals surface area contributed by atoms with Gasteiger partial charge in [-0.15, -0.1) is 0 Å². The zero-order valence-electron chi connectivity index (χ0n) is 15.3. The van der Waals surface area contributed by atoms with E-state index in [9.17, 15) is 5.11 Å². The second-order valence-electron chi connectivity index (χ2n) is 7.35. The van der Waals surface area contributed by atoms with Crippen molar-refractivity contribution in [2.45, 2.75) is 59.7 Å². The first kappa shape index (κ1) is 17.2. The second kappa shape index (κ2) is 6.69. The first-order valence-corrected chi connectivity index (χ1v) is 8.72. The average molecular weight is 332 g/mol. The van der Waals surface area contributed by atoms with Crippen LogP contribution in [0.15, 0.2) is 10.6 Å². The van der Waals surface area contributed by atoms with Crippen molar-refractivity contribution < 1.29 is 9.63 Å². The molecule has 1 aliphatic heterocycles. The Labute approximate surface area is 143 Å². The number of rotatable bonds is 5. The third-order valence-corrected chi connectivity index (χ3v) is 4.97. The van der Waals surface area contributed by atoms with Gasteiger partial charge in [0.2, 0.25) is 0 Å². The third kappa shape index (κ3) is 3.39. The highest BCUT2D eigenvalue weighted by molar-refractivity contribution is 5.25. The molecule has 1 N–H and O–H groups in total. The van der Waals surface area contributed by atoms with Crippen molar-refractivity contribution in [2.24, 2.45) is 5.92 Å². The monoisotopic (exact) mass is 332 g/mol. The molecular formula is C18H28N4O2. The summed E-state index contributed by atoms with van der Waals surface area (Å²) in [5, 5.41) is 19.0. The highest BCUT2D eigenvalue weighted by atomic mass is 16.5. The van der Waals surface area contributed by atoms with Crippen LogP contribution in [0.2, 0.25) is 0 Å². The maximum atomic E-state index is 10.4. The molecule has 1 saturated heterocycles. The van der Waals surface area contributed by atoms with E-state index in [0.29, 0.717) is 12.6 Å². The number of aromatic nitrogens is 3. The molecule has 1 fully saturated rings. The molecule has 2 aromatic rings. The largest absolute Gasteiger partial charge is 0.391 e. The lowest BCUT2D eigenvalue weighted by molar-refractivity contribution is 0.137. The van der Waals surface area contributed by atoms with Crippen LogP contribution >= 0.6 is 0 Å². The molecule has 1 aliphatic rings. The summed E-state index contributed by atoms with van der Waals surface area (Å²) in [6.45, 7) is 12.8. The van der Waals surface area contributed by atoms with E-state index in [4.69, 9.17) is 4.52 Å². The van der Waals surface area contributed by atoms with E-state index in [1.165, 1.54) is 11.3 Å². The van der Waals surface area contributed by atoms with Crippen LogP contribution in [-0.2, 0) is 13.0 Å². The summed E-state index contributed by atoms with van der Waals surface area (Å²) in [6.07, 6.45) is 0.415. The summed E-state index contributed by atoms with van der Waals surface area (Å²) >= 11 is 0. The fourth-order valence-electron chi connectivity index (χ4n) is 3.69. The summed E-state index contributed by atoms with van der Waals surface area (Å²) in [7, 11) is 0. The lowest BCUT2D eigenvalue weighted by Gasteiger charge is -2.16. The molecule has 0 amide bonds. The van der Waals surface area contributed by atoms with Gasteiger partial charge in [0.15, 0.2) is 0 Å². The molecule has 2 atom stereocenters. The van der Waals surface area contributed by atoms with Crippen LogP contribution in [0.4, 0.5) is 0 Å². The summed E-state index contributed by atoms with van der Waals surface area (Å²) in [4.78, 5) is 2.32. The minimum Gasteiger partial charge on any atom is -0.391 e. The van der Waals surface area contributed by atoms with Crippen molar-refractivity contribution >= 4 is 0 Å². The number of nitrogens with zero attached hydrogens (tertiary/aromatic N) is 4. The van der Waals surface area contributed by atoms with Crippen molar-refractivity contribution in [3.05, 3.63) is 34.5 Å². The molecule has 3 rings (SSSR count). The van der Waals surface area contributed by atoms with Gasteiger partial charge in [-0.1, -0.05) is 5.16 Å². The molecule has 0 unspecified atom stereocenters. The molecule has 3 heterocycles. The zero-order chi connectivity index (χ0) is 17.4. The highest BCUT2D eigenvalue weighted by Crippen LogP contribution is 2.26. The van der Waals surface area contributed by atoms with Crippen LogP contribution in [-0.4, -0.2) is 44.1 Å². The molecule has 0 spiro atoms. The molecule has 6 heteroatoms. The zero-order valence-corrected chi connectivity index (χ0v) is 15.3. The Kier molecular flexibility index (Phi) is 4.78. The van der Waals surface area contributed by atoms with Gasteiger partial charge in [0.25, 0.3) is 0 Å². The predicted molar refractivity (Wildman–Crippen MR) is 91.8 cm³/mol. The van der Waals surface area contributed by atoms with E-state index in [0.717, 1.165) is 36.7 Å². The first-order valence-electron chi connectivity index (χ1n) is 8.72. The number of aryl methyl sites for hydroxylation is 2. The van der Waals surface area contributed by atoms with Crippen molar-refractivity contribution in [1.29, 1.82) is 0 Å². The molecule has 132 valence electrons. The lowest BCUT2D eigenvalue weighted by atomic mass is 10.0. The smallest absolute Gasteiger partial charge is 0.137 e. The quantitative estimate of drug-likeness (QED) is 0.911. The van der Waals surface area contributed by atoms with Crippen molar-refractivity contribution in [3.8, 4) is 0 Å². The van der Waals surface area contributed by atoms with Crippen LogP contribution in [0.5, 0.6) is 0 Å². The fraction of sp³-hybridized carbons (Fsp3) is 0.667. The van der Waals surface area contributed by atoms with Gasteiger partial charge < -0.3 is 9.63 Å². The van der Waals surface area contributed by atoms with Gasteiger partial charge in [0.05, 0.1) is 17.5 Å². The van der Waals surface area contributed by atoms with Crippen molar-refractivity contribution in [3.63, 3.8) is 0 Å². The number of aliphatic hydroxyl groups is 1. The lowest BCUT2D eigenvalue weighted by Crippen LogP contribution is -2.22. The summed E-state index contributed by atoms with van der Waals surface area (Å²) < 4.78 is 7.39. The van der Waals surface area contributed by atoms with Gasteiger partial charge in [0, 0.05) is 55.3 Å². The van der Waals surface area contributed by atoms with Crippen LogP contribution in [0, 0.1) is 26.7 Å². The first-order chi connectivity index (χ1) is 11.3. The molecule has 0 radical (unpaired) electrons. The Bertz CT molecular complexity index is 704. The Balaban J connectivity index is 1.67. The Morgan fingerprint density at radius 3 is 2.62 bits per heavy atom. The molecule has 0 saturated carbocycles. The molecule has 0 bridgehead atoms. The fourth-order valence-corrected chi connectivity index (χ4v) is 3.69. The molecule has 6 nitrogen and oxygen atoms in total. The molecule has 24 heavy (non-hydrogen) atoms. The van der Waals surface area contributed by atoms with Gasteiger partial charge in [-0.25, -0.2) is 0 Å². The molecular weight excluding hydrogens is 304 g/mol. The summed E-state index contributed by atoms with van der Waals surface area (Å²) in [5.41, 5.74) is 4.49. The number of aliphatic hydroxyl groups excluding tert-OH is 1. The van der Waals surface area contributed by atoms with Gasteiger partial charge in [-0.2, -0.15) is 5.10 Å². The molecule has 0 aliphatic carbocycles. The molecule has 0 aromatic carbocycles. The normalized spacial score (nSPS) is 22.0. The Morgan fingerprint density at radius 1 is 1.29 bits per heavy atom. The van der Waals surface area contributed by atoms with Crippen LogP contribution in [0.3, 0.4) is 0 Å². The third-order valence-electron chi connectivity index (χ3n) is 4.97. The standard InChI is InChI=1S/C18H28N4O2/c1-11(2)22-14(5)17(13(4)19-22)9-21-8-15(18(23)10-21)7-16-6-12(3)20-24-16/h6,11,15,18,23H,7-10H2,1-5H3/t15-,18+/m1/s1. The summed E-state index contributed by atoms with van der Waals surface area (Å²) in [5.74, 6) is 1.05. The van der Waals surface area contributed by atoms with Gasteiger partial charge >= 0.3 is 0 Å². The highest BCUT2D eigenvalue weighted by Gasteiger charge is 2.33. The average Bonchev–Trinajstić information content (AvgIpc) is 3.14. The van der Waals surface area contributed by atoms with Crippen molar-refractivity contribution in [1.82, 2.24) is 19.8 Å². The maximum absolute atomic E-state index is 10.4. The second-order valence-corrected chi connectivity index (χ2v) is 7.35. The number of β-amino-alcohol motifs (C(OH)–C–C–N with tert-alkyl or cyclic N) is 1. The number of hydrogen-bond acceptors (Lipinski definition) is 5. The van der Waals surface area contributed by atoms with Crippen LogP contribution < -0.4 is 0 Å². The van der Waals surface area contributed by atoms with E-state index in [-0.39, 0.29) is 12.0 Å². The minimum absolute atomic E-state index is 0.193. The van der Waals surface area contributed by atoms with E-state index in [2.05, 4.69) is 47.5 Å².